The summed E-state index contributed by atoms with van der Waals surface area (Å²) in [7, 11) is 0. The van der Waals surface area contributed by atoms with Crippen molar-refractivity contribution in [1.82, 2.24) is 5.32 Å². The number of rotatable bonds is 8. The van der Waals surface area contributed by atoms with E-state index in [2.05, 4.69) is 5.32 Å². The fourth-order valence-electron chi connectivity index (χ4n) is 2.09. The van der Waals surface area contributed by atoms with Gasteiger partial charge in [-0.05, 0) is 37.8 Å². The summed E-state index contributed by atoms with van der Waals surface area (Å²) < 4.78 is 26.2. The van der Waals surface area contributed by atoms with Gasteiger partial charge in [0, 0.05) is 12.1 Å². The maximum absolute atomic E-state index is 13.5. The first-order valence-electron chi connectivity index (χ1n) is 6.86. The van der Waals surface area contributed by atoms with Gasteiger partial charge in [0.15, 0.2) is 0 Å². The van der Waals surface area contributed by atoms with Crippen molar-refractivity contribution in [2.24, 2.45) is 0 Å². The van der Waals surface area contributed by atoms with Crippen LogP contribution in [0.1, 0.15) is 38.7 Å². The Labute approximate surface area is 118 Å². The van der Waals surface area contributed by atoms with E-state index >= 15 is 0 Å². The van der Waals surface area contributed by atoms with E-state index in [0.717, 1.165) is 12.5 Å². The van der Waals surface area contributed by atoms with Crippen LogP contribution in [0.3, 0.4) is 0 Å². The summed E-state index contributed by atoms with van der Waals surface area (Å²) in [5, 5.41) is 12.1. The predicted octanol–water partition coefficient (Wildman–Crippen LogP) is 3.13. The van der Waals surface area contributed by atoms with Gasteiger partial charge in [0.25, 0.3) is 0 Å². The van der Waals surface area contributed by atoms with E-state index in [0.29, 0.717) is 24.8 Å². The molecule has 0 aromatic heterocycles. The molecule has 1 aromatic carbocycles. The minimum absolute atomic E-state index is 0.0490. The Kier molecular flexibility index (Phi) is 6.58. The Morgan fingerprint density at radius 2 is 2.05 bits per heavy atom. The van der Waals surface area contributed by atoms with Gasteiger partial charge in [-0.3, -0.25) is 4.79 Å². The zero-order valence-electron chi connectivity index (χ0n) is 11.8. The highest BCUT2D eigenvalue weighted by molar-refractivity contribution is 5.73. The third kappa shape index (κ3) is 5.25. The van der Waals surface area contributed by atoms with Crippen molar-refractivity contribution in [3.8, 4) is 0 Å². The van der Waals surface area contributed by atoms with Gasteiger partial charge in [-0.2, -0.15) is 0 Å². The molecule has 2 unspecified atom stereocenters. The van der Waals surface area contributed by atoms with Gasteiger partial charge < -0.3 is 10.4 Å². The number of aryl methyl sites for hydroxylation is 1. The van der Waals surface area contributed by atoms with E-state index in [1.165, 1.54) is 12.1 Å². The van der Waals surface area contributed by atoms with Crippen molar-refractivity contribution in [1.29, 1.82) is 0 Å². The number of carbonyl (C=O) groups is 1. The molecule has 0 fully saturated rings. The highest BCUT2D eigenvalue weighted by Crippen LogP contribution is 2.13. The lowest BCUT2D eigenvalue weighted by molar-refractivity contribution is -0.139. The van der Waals surface area contributed by atoms with Crippen LogP contribution in [0.5, 0.6) is 0 Å². The molecule has 0 aliphatic heterocycles. The van der Waals surface area contributed by atoms with Gasteiger partial charge in [-0.15, -0.1) is 0 Å². The van der Waals surface area contributed by atoms with Crippen LogP contribution in [0, 0.1) is 11.6 Å². The second-order valence-corrected chi connectivity index (χ2v) is 5.02. The smallest absolute Gasteiger partial charge is 0.320 e. The van der Waals surface area contributed by atoms with Crippen LogP contribution < -0.4 is 5.32 Å². The van der Waals surface area contributed by atoms with Crippen molar-refractivity contribution in [2.75, 3.05) is 0 Å². The number of carboxylic acid groups (broad SMARTS) is 1. The maximum atomic E-state index is 13.5. The zero-order chi connectivity index (χ0) is 15.1. The molecule has 0 radical (unpaired) electrons. The Hall–Kier alpha value is -1.49. The maximum Gasteiger partial charge on any atom is 0.320 e. The van der Waals surface area contributed by atoms with Crippen LogP contribution in [-0.4, -0.2) is 23.2 Å². The Bertz CT molecular complexity index is 451. The van der Waals surface area contributed by atoms with Crippen molar-refractivity contribution < 1.29 is 18.7 Å². The van der Waals surface area contributed by atoms with Crippen molar-refractivity contribution >= 4 is 5.97 Å². The van der Waals surface area contributed by atoms with Gasteiger partial charge in [-0.25, -0.2) is 8.78 Å². The normalized spacial score (nSPS) is 14.0. The zero-order valence-corrected chi connectivity index (χ0v) is 11.8. The van der Waals surface area contributed by atoms with Gasteiger partial charge >= 0.3 is 5.97 Å². The quantitative estimate of drug-likeness (QED) is 0.771. The standard InChI is InChI=1S/C15H21F2NO2/c1-3-4-14(15(19)20)18-10(2)5-6-11-7-8-12(16)9-13(11)17/h7-10,14,18H,3-6H2,1-2H3,(H,19,20). The van der Waals surface area contributed by atoms with Gasteiger partial charge in [0.2, 0.25) is 0 Å². The van der Waals surface area contributed by atoms with Crippen LogP contribution in [0.25, 0.3) is 0 Å². The lowest BCUT2D eigenvalue weighted by Gasteiger charge is -2.19. The van der Waals surface area contributed by atoms with E-state index in [1.54, 1.807) is 0 Å². The molecule has 5 heteroatoms. The number of aliphatic carboxylic acids is 1. The molecule has 0 saturated heterocycles. The lowest BCUT2D eigenvalue weighted by Crippen LogP contribution is -2.42. The van der Waals surface area contributed by atoms with Gasteiger partial charge in [-0.1, -0.05) is 19.4 Å². The molecule has 3 nitrogen and oxygen atoms in total. The first kappa shape index (κ1) is 16.6. The molecule has 0 bridgehead atoms. The van der Waals surface area contributed by atoms with Gasteiger partial charge in [0.05, 0.1) is 0 Å². The number of hydrogen-bond donors (Lipinski definition) is 2. The highest BCUT2D eigenvalue weighted by Gasteiger charge is 2.18. The van der Waals surface area contributed by atoms with E-state index in [4.69, 9.17) is 5.11 Å². The summed E-state index contributed by atoms with van der Waals surface area (Å²) in [5.41, 5.74) is 0.447. The molecule has 0 spiro atoms. The second-order valence-electron chi connectivity index (χ2n) is 5.02. The monoisotopic (exact) mass is 285 g/mol. The molecule has 2 atom stereocenters. The minimum atomic E-state index is -0.869. The van der Waals surface area contributed by atoms with Crippen LogP contribution in [0.15, 0.2) is 18.2 Å². The molecule has 0 saturated carbocycles. The summed E-state index contributed by atoms with van der Waals surface area (Å²) in [6.45, 7) is 3.79. The molecular formula is C15H21F2NO2. The van der Waals surface area contributed by atoms with E-state index in [1.807, 2.05) is 13.8 Å². The van der Waals surface area contributed by atoms with E-state index in [-0.39, 0.29) is 6.04 Å². The summed E-state index contributed by atoms with van der Waals surface area (Å²) in [4.78, 5) is 11.0. The van der Waals surface area contributed by atoms with Crippen molar-refractivity contribution in [3.63, 3.8) is 0 Å². The van der Waals surface area contributed by atoms with Crippen LogP contribution >= 0.6 is 0 Å². The average molecular weight is 285 g/mol. The number of hydrogen-bond acceptors (Lipinski definition) is 2. The number of halogens is 2. The van der Waals surface area contributed by atoms with Crippen molar-refractivity contribution in [2.45, 2.75) is 51.6 Å². The van der Waals surface area contributed by atoms with Gasteiger partial charge in [0.1, 0.15) is 17.7 Å². The van der Waals surface area contributed by atoms with Crippen LogP contribution in [0.4, 0.5) is 8.78 Å². The Morgan fingerprint density at radius 3 is 2.60 bits per heavy atom. The fourth-order valence-corrected chi connectivity index (χ4v) is 2.09. The molecule has 2 N–H and O–H groups in total. The first-order valence-corrected chi connectivity index (χ1v) is 6.86. The Morgan fingerprint density at radius 1 is 1.35 bits per heavy atom. The van der Waals surface area contributed by atoms with Crippen LogP contribution in [-0.2, 0) is 11.2 Å². The molecule has 1 aromatic rings. The van der Waals surface area contributed by atoms with E-state index in [9.17, 15) is 13.6 Å². The Balaban J connectivity index is 2.49. The van der Waals surface area contributed by atoms with E-state index < -0.39 is 23.6 Å². The molecule has 0 heterocycles. The summed E-state index contributed by atoms with van der Waals surface area (Å²) >= 11 is 0. The minimum Gasteiger partial charge on any atom is -0.480 e. The topological polar surface area (TPSA) is 49.3 Å². The number of carboxylic acids is 1. The molecule has 0 aliphatic carbocycles. The summed E-state index contributed by atoms with van der Waals surface area (Å²) in [6, 6.07) is 2.90. The summed E-state index contributed by atoms with van der Waals surface area (Å²) in [5.74, 6) is -2.02. The van der Waals surface area contributed by atoms with Crippen molar-refractivity contribution in [3.05, 3.63) is 35.4 Å². The third-order valence-corrected chi connectivity index (χ3v) is 3.22. The molecule has 112 valence electrons. The number of benzene rings is 1. The molecular weight excluding hydrogens is 264 g/mol. The molecule has 1 rings (SSSR count). The number of nitrogens with one attached hydrogen (secondary N) is 1. The molecule has 0 aliphatic rings. The highest BCUT2D eigenvalue weighted by atomic mass is 19.1. The SMILES string of the molecule is CCCC(NC(C)CCc1ccc(F)cc1F)C(=O)O. The first-order chi connectivity index (χ1) is 9.43. The largest absolute Gasteiger partial charge is 0.480 e. The molecule has 0 amide bonds. The predicted molar refractivity (Wildman–Crippen MR) is 73.6 cm³/mol. The average Bonchev–Trinajstić information content (AvgIpc) is 2.37. The lowest BCUT2D eigenvalue weighted by atomic mass is 10.0. The second kappa shape index (κ2) is 7.94. The molecule has 20 heavy (non-hydrogen) atoms. The third-order valence-electron chi connectivity index (χ3n) is 3.22. The fraction of sp³-hybridized carbons (Fsp3) is 0.533. The van der Waals surface area contributed by atoms with Crippen LogP contribution in [0.2, 0.25) is 0 Å². The summed E-state index contributed by atoms with van der Waals surface area (Å²) in [6.07, 6.45) is 2.38.